The van der Waals surface area contributed by atoms with Crippen molar-refractivity contribution in [3.8, 4) is 0 Å². The molecule has 0 aliphatic carbocycles. The van der Waals surface area contributed by atoms with Gasteiger partial charge in [0.15, 0.2) is 0 Å². The van der Waals surface area contributed by atoms with Gasteiger partial charge in [0, 0.05) is 0 Å². The minimum absolute atomic E-state index is 0.542. The van der Waals surface area contributed by atoms with E-state index in [2.05, 4.69) is 4.74 Å². The molecule has 3 nitrogen and oxygen atoms in total. The Kier molecular flexibility index (Phi) is 0.471. The number of rotatable bonds is 0. The number of hydrogen-bond donors (Lipinski definition) is 0. The average molecular weight is 82.8 g/mol. The molecule has 6 heavy (non-hydrogen) atoms. The fraction of sp³-hybridized carbons (Fsp3) is 0. The Morgan fingerprint density at radius 3 is 1.67 bits per heavy atom. The third kappa shape index (κ3) is 0.300. The molecule has 1 aliphatic rings. The second-order valence-corrected chi connectivity index (χ2v) is 0.884. The zero-order valence-corrected chi connectivity index (χ0v) is 2.80. The fourth-order valence-electron chi connectivity index (χ4n) is 0.196. The van der Waals surface area contributed by atoms with Gasteiger partial charge in [0.05, 0.1) is 0 Å². The summed E-state index contributed by atoms with van der Waals surface area (Å²) in [7, 11) is 0.889. The molecule has 1 fully saturated rings. The van der Waals surface area contributed by atoms with Crippen molar-refractivity contribution in [3.63, 3.8) is 0 Å². The van der Waals surface area contributed by atoms with E-state index in [4.69, 9.17) is 0 Å². The second-order valence-electron chi connectivity index (χ2n) is 0.884. The summed E-state index contributed by atoms with van der Waals surface area (Å²) in [6.45, 7) is 0. The van der Waals surface area contributed by atoms with Crippen LogP contribution in [0.1, 0.15) is 0 Å². The maximum Gasteiger partial charge on any atom is 0.406 e. The minimum atomic E-state index is -0.542. The molecular weight excluding hydrogens is 82.8 g/mol. The molecule has 0 aromatic heterocycles. The maximum absolute atomic E-state index is 9.61. The molecule has 1 radical (unpaired) electrons. The summed E-state index contributed by atoms with van der Waals surface area (Å²) in [5.41, 5.74) is 0. The Balaban J connectivity index is 2.47. The Labute approximate surface area is 34.5 Å². The second kappa shape index (κ2) is 0.832. The highest BCUT2D eigenvalue weighted by Gasteiger charge is 2.28. The summed E-state index contributed by atoms with van der Waals surface area (Å²) < 4.78 is 3.81. The van der Waals surface area contributed by atoms with E-state index in [1.54, 1.807) is 0 Å². The van der Waals surface area contributed by atoms with Crippen molar-refractivity contribution in [1.82, 2.24) is 0 Å². The maximum atomic E-state index is 9.61. The topological polar surface area (TPSA) is 43.4 Å². The van der Waals surface area contributed by atoms with Gasteiger partial charge in [0.25, 0.3) is 11.7 Å². The van der Waals surface area contributed by atoms with Gasteiger partial charge >= 0.3 is 7.28 Å². The molecule has 1 aliphatic heterocycles. The zero-order chi connectivity index (χ0) is 4.57. The monoisotopic (exact) mass is 83.0 g/mol. The van der Waals surface area contributed by atoms with Crippen LogP contribution in [-0.4, -0.2) is 19.0 Å². The molecule has 0 amide bonds. The predicted octanol–water partition coefficient (Wildman–Crippen LogP) is -0.0392. The van der Waals surface area contributed by atoms with Crippen molar-refractivity contribution in [2.75, 3.05) is 0 Å². The normalized spacial score (nSPS) is 18.0. The summed E-state index contributed by atoms with van der Waals surface area (Å²) in [6.07, 6.45) is 0. The summed E-state index contributed by atoms with van der Waals surface area (Å²) in [6, 6.07) is 0. The van der Waals surface area contributed by atoms with E-state index in [1.807, 2.05) is 0 Å². The van der Waals surface area contributed by atoms with Crippen LogP contribution in [0.4, 0.5) is 9.59 Å². The van der Waals surface area contributed by atoms with Crippen LogP contribution in [0.2, 0.25) is 0 Å². The van der Waals surface area contributed by atoms with Gasteiger partial charge in [-0.15, -0.1) is 0 Å². The zero-order valence-electron chi connectivity index (χ0n) is 2.80. The molecule has 1 heterocycles. The molecule has 0 aromatic carbocycles. The number of ether oxygens (including phenoxy) is 1. The van der Waals surface area contributed by atoms with E-state index in [1.165, 1.54) is 0 Å². The molecule has 1 saturated heterocycles. The lowest BCUT2D eigenvalue weighted by Crippen LogP contribution is -2.35. The van der Waals surface area contributed by atoms with E-state index in [0.717, 1.165) is 7.28 Å². The van der Waals surface area contributed by atoms with E-state index in [0.29, 0.717) is 0 Å². The average Bonchev–Trinajstić information content (AvgIpc) is 1.33. The van der Waals surface area contributed by atoms with Crippen LogP contribution >= 0.6 is 0 Å². The molecule has 0 N–H and O–H groups in total. The smallest absolute Gasteiger partial charge is 0.406 e. The SMILES string of the molecule is O=C1[B]C(=O)O1. The highest BCUT2D eigenvalue weighted by atomic mass is 16.6. The highest BCUT2D eigenvalue weighted by Crippen LogP contribution is 1.93. The Hall–Kier alpha value is -0.795. The van der Waals surface area contributed by atoms with Crippen molar-refractivity contribution in [1.29, 1.82) is 0 Å². The molecule has 29 valence electrons. The summed E-state index contributed by atoms with van der Waals surface area (Å²) in [5.74, 6) is -1.08. The van der Waals surface area contributed by atoms with Crippen molar-refractivity contribution < 1.29 is 14.3 Å². The summed E-state index contributed by atoms with van der Waals surface area (Å²) >= 11 is 0. The molecule has 0 aromatic rings. The van der Waals surface area contributed by atoms with Gasteiger partial charge in [0.1, 0.15) is 0 Å². The van der Waals surface area contributed by atoms with E-state index in [9.17, 15) is 9.59 Å². The number of carbonyl (C=O) groups is 2. The number of cyclic esters (lactones) is 2. The molecule has 0 bridgehead atoms. The van der Waals surface area contributed by atoms with Crippen LogP contribution < -0.4 is 0 Å². The quantitative estimate of drug-likeness (QED) is 0.304. The van der Waals surface area contributed by atoms with Crippen LogP contribution in [0, 0.1) is 0 Å². The van der Waals surface area contributed by atoms with Crippen LogP contribution in [0.15, 0.2) is 0 Å². The van der Waals surface area contributed by atoms with E-state index >= 15 is 0 Å². The van der Waals surface area contributed by atoms with Crippen LogP contribution in [0.25, 0.3) is 0 Å². The summed E-state index contributed by atoms with van der Waals surface area (Å²) in [5, 5.41) is 0. The molecule has 4 heteroatoms. The van der Waals surface area contributed by atoms with Gasteiger partial charge in [-0.2, -0.15) is 0 Å². The highest BCUT2D eigenvalue weighted by molar-refractivity contribution is 7.01. The first-order valence-electron chi connectivity index (χ1n) is 1.39. The van der Waals surface area contributed by atoms with E-state index < -0.39 is 11.7 Å². The lowest BCUT2D eigenvalue weighted by Gasteiger charge is -2.05. The number of hydrogen-bond acceptors (Lipinski definition) is 3. The van der Waals surface area contributed by atoms with Crippen molar-refractivity contribution >= 4 is 19.0 Å². The van der Waals surface area contributed by atoms with Crippen molar-refractivity contribution in [2.45, 2.75) is 0 Å². The Morgan fingerprint density at radius 1 is 1.33 bits per heavy atom. The molecular formula is C2BO3. The standard InChI is InChI=1S/C2BO3/c4-1-3-2(5)6-1. The van der Waals surface area contributed by atoms with Crippen molar-refractivity contribution in [3.05, 3.63) is 0 Å². The van der Waals surface area contributed by atoms with Gasteiger partial charge in [-0.05, 0) is 0 Å². The lowest BCUT2D eigenvalue weighted by atomic mass is 9.74. The fourth-order valence-corrected chi connectivity index (χ4v) is 0.196. The third-order valence-electron chi connectivity index (χ3n) is 0.437. The number of carbonyl (C=O) groups excluding carboxylic acids is 2. The Bertz CT molecular complexity index is 85.4. The lowest BCUT2D eigenvalue weighted by molar-refractivity contribution is 0.172. The van der Waals surface area contributed by atoms with Crippen molar-refractivity contribution in [2.24, 2.45) is 0 Å². The van der Waals surface area contributed by atoms with Gasteiger partial charge in [-0.25, -0.2) is 0 Å². The van der Waals surface area contributed by atoms with Crippen LogP contribution in [-0.2, 0) is 4.74 Å². The van der Waals surface area contributed by atoms with Crippen LogP contribution in [0.5, 0.6) is 0 Å². The first-order valence-corrected chi connectivity index (χ1v) is 1.39. The van der Waals surface area contributed by atoms with Gasteiger partial charge in [-0.3, -0.25) is 9.59 Å². The van der Waals surface area contributed by atoms with Gasteiger partial charge in [-0.1, -0.05) is 0 Å². The largest absolute Gasteiger partial charge is 0.410 e. The molecule has 0 unspecified atom stereocenters. The first kappa shape index (κ1) is 3.40. The predicted molar refractivity (Wildman–Crippen MR) is 17.6 cm³/mol. The third-order valence-corrected chi connectivity index (χ3v) is 0.437. The minimum Gasteiger partial charge on any atom is -0.410 e. The van der Waals surface area contributed by atoms with Gasteiger partial charge in [0.2, 0.25) is 0 Å². The molecule has 0 saturated carbocycles. The molecule has 0 spiro atoms. The first-order chi connectivity index (χ1) is 2.79. The van der Waals surface area contributed by atoms with E-state index in [-0.39, 0.29) is 0 Å². The van der Waals surface area contributed by atoms with Gasteiger partial charge < -0.3 is 4.74 Å². The molecule has 1 rings (SSSR count). The Morgan fingerprint density at radius 2 is 1.67 bits per heavy atom. The summed E-state index contributed by atoms with van der Waals surface area (Å²) in [4.78, 5) is 19.2. The van der Waals surface area contributed by atoms with Crippen LogP contribution in [0.3, 0.4) is 0 Å². The molecule has 0 atom stereocenters.